The summed E-state index contributed by atoms with van der Waals surface area (Å²) in [4.78, 5) is 18.4. The molecule has 4 nitrogen and oxygen atoms in total. The van der Waals surface area contributed by atoms with Crippen molar-refractivity contribution in [3.8, 4) is 0 Å². The number of carbonyl (C=O) groups is 1. The van der Waals surface area contributed by atoms with Gasteiger partial charge in [0.15, 0.2) is 0 Å². The van der Waals surface area contributed by atoms with E-state index < -0.39 is 0 Å². The van der Waals surface area contributed by atoms with Gasteiger partial charge in [-0.05, 0) is 49.1 Å². The molecule has 1 amide bonds. The molecule has 1 aromatic heterocycles. The van der Waals surface area contributed by atoms with Crippen LogP contribution >= 0.6 is 11.3 Å². The fourth-order valence-corrected chi connectivity index (χ4v) is 5.06. The number of ether oxygens (including phenoxy) is 1. The molecular formula is C18H26N2O2S. The molecule has 0 unspecified atom stereocenters. The zero-order valence-corrected chi connectivity index (χ0v) is 14.5. The van der Waals surface area contributed by atoms with Crippen molar-refractivity contribution in [1.82, 2.24) is 9.80 Å². The molecule has 3 aliphatic heterocycles. The molecule has 0 aliphatic carbocycles. The number of rotatable bonds is 4. The van der Waals surface area contributed by atoms with Gasteiger partial charge in [0.1, 0.15) is 0 Å². The second-order valence-corrected chi connectivity index (χ2v) is 8.29. The zero-order chi connectivity index (χ0) is 15.6. The van der Waals surface area contributed by atoms with Gasteiger partial charge in [0.25, 0.3) is 0 Å². The summed E-state index contributed by atoms with van der Waals surface area (Å²) in [5.41, 5.74) is 0. The first-order valence-electron chi connectivity index (χ1n) is 8.92. The molecule has 0 N–H and O–H groups in total. The minimum absolute atomic E-state index is 0.313. The maximum absolute atomic E-state index is 12.5. The number of thiophene rings is 1. The van der Waals surface area contributed by atoms with Crippen molar-refractivity contribution in [2.24, 2.45) is 11.8 Å². The molecule has 3 atom stereocenters. The van der Waals surface area contributed by atoms with Crippen LogP contribution < -0.4 is 0 Å². The second kappa shape index (κ2) is 6.91. The maximum atomic E-state index is 12.5. The van der Waals surface area contributed by atoms with Crippen molar-refractivity contribution >= 4 is 17.2 Å². The normalized spacial score (nSPS) is 31.5. The first-order chi connectivity index (χ1) is 11.3. The van der Waals surface area contributed by atoms with Gasteiger partial charge in [-0.15, -0.1) is 11.3 Å². The van der Waals surface area contributed by atoms with E-state index in [4.69, 9.17) is 4.74 Å². The number of amides is 1. The number of carbonyl (C=O) groups excluding carboxylic acids is 1. The Balaban J connectivity index is 1.29. The van der Waals surface area contributed by atoms with Gasteiger partial charge < -0.3 is 14.5 Å². The molecule has 126 valence electrons. The summed E-state index contributed by atoms with van der Waals surface area (Å²) < 4.78 is 5.78. The number of nitrogens with zero attached hydrogens (tertiary/aromatic N) is 2. The third kappa shape index (κ3) is 3.62. The molecule has 0 spiro atoms. The van der Waals surface area contributed by atoms with Crippen LogP contribution in [0.5, 0.6) is 0 Å². The van der Waals surface area contributed by atoms with Crippen molar-refractivity contribution in [3.05, 3.63) is 22.4 Å². The van der Waals surface area contributed by atoms with Crippen LogP contribution in [0.4, 0.5) is 0 Å². The zero-order valence-electron chi connectivity index (χ0n) is 13.7. The molecule has 0 saturated carbocycles. The third-order valence-electron chi connectivity index (χ3n) is 5.63. The fraction of sp³-hybridized carbons (Fsp3) is 0.722. The quantitative estimate of drug-likeness (QED) is 0.847. The summed E-state index contributed by atoms with van der Waals surface area (Å²) in [6.07, 6.45) is 4.70. The van der Waals surface area contributed by atoms with Gasteiger partial charge >= 0.3 is 0 Å². The average Bonchev–Trinajstić information content (AvgIpc) is 3.27. The molecule has 3 fully saturated rings. The Labute approximate surface area is 142 Å². The molecule has 0 aromatic carbocycles. The number of likely N-dealkylation sites (tertiary alicyclic amines) is 2. The van der Waals surface area contributed by atoms with Crippen LogP contribution in [0.25, 0.3) is 0 Å². The van der Waals surface area contributed by atoms with E-state index in [1.54, 1.807) is 11.3 Å². The van der Waals surface area contributed by atoms with E-state index >= 15 is 0 Å². The first kappa shape index (κ1) is 15.6. The molecule has 0 bridgehead atoms. The Hall–Kier alpha value is -0.910. The Morgan fingerprint density at radius 3 is 2.96 bits per heavy atom. The van der Waals surface area contributed by atoms with Gasteiger partial charge in [-0.25, -0.2) is 0 Å². The highest BCUT2D eigenvalue weighted by molar-refractivity contribution is 7.10. The number of fused-ring (bicyclic) bond motifs is 1. The molecule has 3 aliphatic rings. The number of hydrogen-bond acceptors (Lipinski definition) is 4. The van der Waals surface area contributed by atoms with E-state index in [2.05, 4.69) is 21.2 Å². The minimum Gasteiger partial charge on any atom is -0.377 e. The molecule has 1 aromatic rings. The van der Waals surface area contributed by atoms with Crippen LogP contribution in [0, 0.1) is 11.8 Å². The first-order valence-corrected chi connectivity index (χ1v) is 9.80. The van der Waals surface area contributed by atoms with Crippen LogP contribution in [-0.4, -0.2) is 61.1 Å². The lowest BCUT2D eigenvalue weighted by Gasteiger charge is -2.35. The van der Waals surface area contributed by atoms with E-state index in [1.165, 1.54) is 30.7 Å². The van der Waals surface area contributed by atoms with E-state index in [9.17, 15) is 4.79 Å². The van der Waals surface area contributed by atoms with Gasteiger partial charge in [0.05, 0.1) is 12.5 Å². The van der Waals surface area contributed by atoms with Gasteiger partial charge in [-0.3, -0.25) is 4.79 Å². The average molecular weight is 334 g/mol. The van der Waals surface area contributed by atoms with Crippen molar-refractivity contribution in [1.29, 1.82) is 0 Å². The molecule has 0 radical (unpaired) electrons. The van der Waals surface area contributed by atoms with Crippen LogP contribution in [0.3, 0.4) is 0 Å². The summed E-state index contributed by atoms with van der Waals surface area (Å²) in [6.45, 7) is 6.28. The van der Waals surface area contributed by atoms with E-state index in [0.717, 1.165) is 32.8 Å². The lowest BCUT2D eigenvalue weighted by Crippen LogP contribution is -2.43. The summed E-state index contributed by atoms with van der Waals surface area (Å²) in [6, 6.07) is 4.09. The highest BCUT2D eigenvalue weighted by Gasteiger charge is 2.39. The molecule has 5 heteroatoms. The second-order valence-electron chi connectivity index (χ2n) is 7.26. The van der Waals surface area contributed by atoms with Crippen LogP contribution in [0.2, 0.25) is 0 Å². The van der Waals surface area contributed by atoms with Crippen molar-refractivity contribution < 1.29 is 9.53 Å². The van der Waals surface area contributed by atoms with Crippen LogP contribution in [0.15, 0.2) is 17.5 Å². The highest BCUT2D eigenvalue weighted by atomic mass is 32.1. The topological polar surface area (TPSA) is 32.8 Å². The predicted octanol–water partition coefficient (Wildman–Crippen LogP) is 2.25. The van der Waals surface area contributed by atoms with Gasteiger partial charge in [0.2, 0.25) is 5.91 Å². The Morgan fingerprint density at radius 2 is 2.17 bits per heavy atom. The highest BCUT2D eigenvalue weighted by Crippen LogP contribution is 2.32. The summed E-state index contributed by atoms with van der Waals surface area (Å²) in [7, 11) is 0. The SMILES string of the molecule is O=C(Cc1cccs1)N1C[C@H]2CN(C[C@@H]3CCCO3)CC[C@H]2C1. The predicted molar refractivity (Wildman–Crippen MR) is 91.6 cm³/mol. The minimum atomic E-state index is 0.313. The van der Waals surface area contributed by atoms with Crippen LogP contribution in [-0.2, 0) is 16.0 Å². The lowest BCUT2D eigenvalue weighted by atomic mass is 9.88. The summed E-state index contributed by atoms with van der Waals surface area (Å²) in [5.74, 6) is 1.69. The van der Waals surface area contributed by atoms with Crippen LogP contribution in [0.1, 0.15) is 24.1 Å². The molecule has 3 saturated heterocycles. The summed E-state index contributed by atoms with van der Waals surface area (Å²) >= 11 is 1.68. The molecule has 23 heavy (non-hydrogen) atoms. The fourth-order valence-electron chi connectivity index (χ4n) is 4.36. The van der Waals surface area contributed by atoms with Gasteiger partial charge in [-0.2, -0.15) is 0 Å². The monoisotopic (exact) mass is 334 g/mol. The maximum Gasteiger partial charge on any atom is 0.227 e. The van der Waals surface area contributed by atoms with E-state index in [1.807, 2.05) is 6.07 Å². The van der Waals surface area contributed by atoms with Gasteiger partial charge in [-0.1, -0.05) is 6.07 Å². The molecule has 4 rings (SSSR count). The summed E-state index contributed by atoms with van der Waals surface area (Å²) in [5, 5.41) is 2.05. The molecular weight excluding hydrogens is 308 g/mol. The largest absolute Gasteiger partial charge is 0.377 e. The van der Waals surface area contributed by atoms with E-state index in [0.29, 0.717) is 30.3 Å². The van der Waals surface area contributed by atoms with Crippen molar-refractivity contribution in [2.45, 2.75) is 31.8 Å². The van der Waals surface area contributed by atoms with E-state index in [-0.39, 0.29) is 0 Å². The Morgan fingerprint density at radius 1 is 1.26 bits per heavy atom. The smallest absolute Gasteiger partial charge is 0.227 e. The van der Waals surface area contributed by atoms with Gasteiger partial charge in [0, 0.05) is 37.7 Å². The standard InChI is InChI=1S/C18H26N2O2S/c21-18(9-17-4-2-8-23-17)20-11-14-5-6-19(10-15(14)12-20)13-16-3-1-7-22-16/h2,4,8,14-16H,1,3,5-7,9-13H2/t14-,15+,16-/m0/s1. The third-order valence-corrected chi connectivity index (χ3v) is 6.51. The lowest BCUT2D eigenvalue weighted by molar-refractivity contribution is -0.129. The molecule has 4 heterocycles. The van der Waals surface area contributed by atoms with Crippen molar-refractivity contribution in [2.75, 3.05) is 39.3 Å². The Bertz CT molecular complexity index is 527. The number of piperidine rings is 1. The number of hydrogen-bond donors (Lipinski definition) is 0. The Kier molecular flexibility index (Phi) is 4.69. The van der Waals surface area contributed by atoms with Crippen molar-refractivity contribution in [3.63, 3.8) is 0 Å².